The van der Waals surface area contributed by atoms with E-state index in [0.717, 1.165) is 51.7 Å². The van der Waals surface area contributed by atoms with Gasteiger partial charge < -0.3 is 10.2 Å². The fourth-order valence-corrected chi connectivity index (χ4v) is 3.30. The molecule has 2 aliphatic rings. The van der Waals surface area contributed by atoms with E-state index in [1.54, 1.807) is 0 Å². The van der Waals surface area contributed by atoms with Crippen LogP contribution in [-0.2, 0) is 0 Å². The molecule has 2 saturated heterocycles. The Kier molecular flexibility index (Phi) is 4.00. The highest BCUT2D eigenvalue weighted by Crippen LogP contribution is 2.22. The summed E-state index contributed by atoms with van der Waals surface area (Å²) in [4.78, 5) is 14.5. The Balaban J connectivity index is 1.71. The monoisotopic (exact) mass is 277 g/mol. The number of hydrogen-bond donors (Lipinski definition) is 1. The lowest BCUT2D eigenvalue weighted by Crippen LogP contribution is -2.35. The third kappa shape index (κ3) is 2.57. The number of piperidine rings is 1. The average molecular weight is 277 g/mol. The van der Waals surface area contributed by atoms with Crippen molar-refractivity contribution in [3.63, 3.8) is 0 Å². The molecule has 1 N–H and O–H groups in total. The Labute approximate surface area is 119 Å². The standard InChI is InChI=1S/C14H23N5O/c1-2-11-4-3-9-18(11)14(20)13-10-19(17-16-13)12-5-7-15-8-6-12/h10-12,15H,2-9H2,1H3. The van der Waals surface area contributed by atoms with Crippen molar-refractivity contribution in [3.05, 3.63) is 11.9 Å². The third-order valence-corrected chi connectivity index (χ3v) is 4.52. The molecule has 1 aromatic heterocycles. The molecule has 1 aromatic rings. The Hall–Kier alpha value is -1.43. The van der Waals surface area contributed by atoms with Crippen LogP contribution in [0.25, 0.3) is 0 Å². The van der Waals surface area contributed by atoms with Gasteiger partial charge in [0.1, 0.15) is 0 Å². The van der Waals surface area contributed by atoms with Gasteiger partial charge in [-0.2, -0.15) is 0 Å². The average Bonchev–Trinajstić information content (AvgIpc) is 3.16. The van der Waals surface area contributed by atoms with E-state index in [9.17, 15) is 4.79 Å². The molecule has 0 bridgehead atoms. The molecule has 1 amide bonds. The molecule has 2 fully saturated rings. The summed E-state index contributed by atoms with van der Waals surface area (Å²) in [7, 11) is 0. The summed E-state index contributed by atoms with van der Waals surface area (Å²) >= 11 is 0. The lowest BCUT2D eigenvalue weighted by Gasteiger charge is -2.23. The smallest absolute Gasteiger partial charge is 0.276 e. The van der Waals surface area contributed by atoms with E-state index >= 15 is 0 Å². The van der Waals surface area contributed by atoms with Crippen molar-refractivity contribution in [1.29, 1.82) is 0 Å². The summed E-state index contributed by atoms with van der Waals surface area (Å²) in [5, 5.41) is 11.6. The first-order valence-corrected chi connectivity index (χ1v) is 7.73. The normalized spacial score (nSPS) is 24.2. The van der Waals surface area contributed by atoms with Crippen LogP contribution in [0.2, 0.25) is 0 Å². The van der Waals surface area contributed by atoms with Gasteiger partial charge in [0.15, 0.2) is 5.69 Å². The van der Waals surface area contributed by atoms with E-state index < -0.39 is 0 Å². The van der Waals surface area contributed by atoms with Gasteiger partial charge in [-0.25, -0.2) is 4.68 Å². The van der Waals surface area contributed by atoms with Crippen LogP contribution in [0.3, 0.4) is 0 Å². The van der Waals surface area contributed by atoms with Crippen molar-refractivity contribution >= 4 is 5.91 Å². The van der Waals surface area contributed by atoms with E-state index in [4.69, 9.17) is 0 Å². The summed E-state index contributed by atoms with van der Waals surface area (Å²) in [6.45, 7) is 5.02. The molecule has 3 heterocycles. The van der Waals surface area contributed by atoms with Crippen molar-refractivity contribution in [2.45, 2.75) is 51.1 Å². The Morgan fingerprint density at radius 3 is 2.95 bits per heavy atom. The molecule has 110 valence electrons. The Morgan fingerprint density at radius 2 is 2.20 bits per heavy atom. The van der Waals surface area contributed by atoms with E-state index in [-0.39, 0.29) is 5.91 Å². The number of rotatable bonds is 3. The zero-order valence-corrected chi connectivity index (χ0v) is 12.1. The maximum absolute atomic E-state index is 12.5. The SMILES string of the molecule is CCC1CCCN1C(=O)c1cn(C2CCNCC2)nn1. The number of aromatic nitrogens is 3. The first kappa shape index (κ1) is 13.5. The molecule has 0 aliphatic carbocycles. The highest BCUT2D eigenvalue weighted by atomic mass is 16.2. The van der Waals surface area contributed by atoms with Crippen LogP contribution in [0.5, 0.6) is 0 Å². The zero-order valence-electron chi connectivity index (χ0n) is 12.1. The molecule has 0 spiro atoms. The summed E-state index contributed by atoms with van der Waals surface area (Å²) < 4.78 is 1.88. The number of carbonyl (C=O) groups is 1. The van der Waals surface area contributed by atoms with Crippen LogP contribution in [0.1, 0.15) is 55.6 Å². The molecule has 2 aliphatic heterocycles. The molecule has 1 unspecified atom stereocenters. The number of carbonyl (C=O) groups excluding carboxylic acids is 1. The highest BCUT2D eigenvalue weighted by molar-refractivity contribution is 5.92. The number of nitrogens with one attached hydrogen (secondary N) is 1. The van der Waals surface area contributed by atoms with Gasteiger partial charge in [-0.15, -0.1) is 5.10 Å². The van der Waals surface area contributed by atoms with Crippen molar-refractivity contribution in [1.82, 2.24) is 25.2 Å². The molecule has 6 nitrogen and oxygen atoms in total. The lowest BCUT2D eigenvalue weighted by atomic mass is 10.1. The molecule has 6 heteroatoms. The second kappa shape index (κ2) is 5.91. The minimum Gasteiger partial charge on any atom is -0.334 e. The highest BCUT2D eigenvalue weighted by Gasteiger charge is 2.30. The van der Waals surface area contributed by atoms with Gasteiger partial charge in [0, 0.05) is 12.6 Å². The molecule has 20 heavy (non-hydrogen) atoms. The predicted octanol–water partition coefficient (Wildman–Crippen LogP) is 1.22. The molecule has 0 radical (unpaired) electrons. The van der Waals surface area contributed by atoms with Gasteiger partial charge in [0.25, 0.3) is 5.91 Å². The first-order chi connectivity index (χ1) is 9.79. The first-order valence-electron chi connectivity index (χ1n) is 7.73. The summed E-state index contributed by atoms with van der Waals surface area (Å²) in [6.07, 6.45) is 7.19. The minimum absolute atomic E-state index is 0.0505. The number of amides is 1. The largest absolute Gasteiger partial charge is 0.334 e. The van der Waals surface area contributed by atoms with Gasteiger partial charge in [-0.1, -0.05) is 12.1 Å². The quantitative estimate of drug-likeness (QED) is 0.902. The number of likely N-dealkylation sites (tertiary alicyclic amines) is 1. The molecular weight excluding hydrogens is 254 g/mol. The Morgan fingerprint density at radius 1 is 1.40 bits per heavy atom. The molecular formula is C14H23N5O. The van der Waals surface area contributed by atoms with Crippen LogP contribution in [0.4, 0.5) is 0 Å². The molecule has 1 atom stereocenters. The topological polar surface area (TPSA) is 63.1 Å². The van der Waals surface area contributed by atoms with E-state index in [0.29, 0.717) is 17.8 Å². The fraction of sp³-hybridized carbons (Fsp3) is 0.786. The van der Waals surface area contributed by atoms with Crippen molar-refractivity contribution in [3.8, 4) is 0 Å². The maximum atomic E-state index is 12.5. The van der Waals surface area contributed by atoms with Gasteiger partial charge in [-0.05, 0) is 45.2 Å². The third-order valence-electron chi connectivity index (χ3n) is 4.52. The lowest BCUT2D eigenvalue weighted by molar-refractivity contribution is 0.0727. The van der Waals surface area contributed by atoms with E-state index in [1.165, 1.54) is 0 Å². The molecule has 0 saturated carbocycles. The van der Waals surface area contributed by atoms with Gasteiger partial charge in [0.2, 0.25) is 0 Å². The molecule has 3 rings (SSSR count). The summed E-state index contributed by atoms with van der Waals surface area (Å²) in [5.41, 5.74) is 0.504. The zero-order chi connectivity index (χ0) is 13.9. The van der Waals surface area contributed by atoms with Gasteiger partial charge >= 0.3 is 0 Å². The van der Waals surface area contributed by atoms with Crippen molar-refractivity contribution < 1.29 is 4.79 Å². The van der Waals surface area contributed by atoms with Gasteiger partial charge in [-0.3, -0.25) is 4.79 Å². The summed E-state index contributed by atoms with van der Waals surface area (Å²) in [5.74, 6) is 0.0505. The van der Waals surface area contributed by atoms with Crippen LogP contribution in [0, 0.1) is 0 Å². The predicted molar refractivity (Wildman–Crippen MR) is 75.5 cm³/mol. The van der Waals surface area contributed by atoms with Crippen molar-refractivity contribution in [2.75, 3.05) is 19.6 Å². The number of hydrogen-bond acceptors (Lipinski definition) is 4. The van der Waals surface area contributed by atoms with E-state index in [2.05, 4.69) is 22.6 Å². The summed E-state index contributed by atoms with van der Waals surface area (Å²) in [6, 6.07) is 0.761. The van der Waals surface area contributed by atoms with Crippen LogP contribution in [0.15, 0.2) is 6.20 Å². The maximum Gasteiger partial charge on any atom is 0.276 e. The minimum atomic E-state index is 0.0505. The second-order valence-electron chi connectivity index (χ2n) is 5.77. The Bertz CT molecular complexity index is 466. The van der Waals surface area contributed by atoms with Crippen molar-refractivity contribution in [2.24, 2.45) is 0 Å². The van der Waals surface area contributed by atoms with Crippen LogP contribution in [-0.4, -0.2) is 51.5 Å². The van der Waals surface area contributed by atoms with E-state index in [1.807, 2.05) is 15.8 Å². The number of nitrogens with zero attached hydrogens (tertiary/aromatic N) is 4. The second-order valence-corrected chi connectivity index (χ2v) is 5.77. The fourth-order valence-electron chi connectivity index (χ4n) is 3.30. The molecule has 0 aromatic carbocycles. The van der Waals surface area contributed by atoms with Crippen LogP contribution < -0.4 is 5.32 Å². The van der Waals surface area contributed by atoms with Gasteiger partial charge in [0.05, 0.1) is 12.2 Å². The van der Waals surface area contributed by atoms with Crippen LogP contribution >= 0.6 is 0 Å².